The van der Waals surface area contributed by atoms with Crippen LogP contribution in [0.1, 0.15) is 31.4 Å². The van der Waals surface area contributed by atoms with Crippen molar-refractivity contribution in [3.8, 4) is 11.5 Å². The lowest BCUT2D eigenvalue weighted by Gasteiger charge is -2.13. The molecule has 0 aliphatic heterocycles. The molecule has 0 aromatic heterocycles. The van der Waals surface area contributed by atoms with E-state index in [1.165, 1.54) is 0 Å². The average Bonchev–Trinajstić information content (AvgIpc) is 2.54. The van der Waals surface area contributed by atoms with E-state index in [1.807, 2.05) is 54.6 Å². The van der Waals surface area contributed by atoms with Gasteiger partial charge in [0.2, 0.25) is 0 Å². The summed E-state index contributed by atoms with van der Waals surface area (Å²) < 4.78 is 11.1. The number of benzene rings is 2. The molecule has 0 saturated carbocycles. The van der Waals surface area contributed by atoms with E-state index in [1.54, 1.807) is 0 Å². The number of hydrogen-bond acceptors (Lipinski definition) is 3. The Balaban J connectivity index is 1.78. The molecule has 2 aromatic carbocycles. The molecule has 112 valence electrons. The van der Waals surface area contributed by atoms with E-state index in [0.717, 1.165) is 23.5 Å². The Labute approximate surface area is 126 Å². The summed E-state index contributed by atoms with van der Waals surface area (Å²) in [7, 11) is 0. The van der Waals surface area contributed by atoms with Gasteiger partial charge in [0.1, 0.15) is 11.5 Å². The Morgan fingerprint density at radius 3 is 2.14 bits per heavy atom. The fraction of sp³-hybridized carbons (Fsp3) is 0.333. The van der Waals surface area contributed by atoms with E-state index < -0.39 is 6.10 Å². The van der Waals surface area contributed by atoms with Crippen molar-refractivity contribution in [2.24, 2.45) is 0 Å². The molecule has 1 atom stereocenters. The Morgan fingerprint density at radius 1 is 0.857 bits per heavy atom. The van der Waals surface area contributed by atoms with Crippen LogP contribution in [0.3, 0.4) is 0 Å². The number of para-hydroxylation sites is 1. The maximum absolute atomic E-state index is 10.1. The summed E-state index contributed by atoms with van der Waals surface area (Å²) in [6.45, 7) is 3.27. The lowest BCUT2D eigenvalue weighted by atomic mass is 10.1. The highest BCUT2D eigenvalue weighted by atomic mass is 16.5. The van der Waals surface area contributed by atoms with Crippen molar-refractivity contribution in [3.05, 3.63) is 60.2 Å². The third-order valence-corrected chi connectivity index (χ3v) is 3.14. The largest absolute Gasteiger partial charge is 0.494 e. The van der Waals surface area contributed by atoms with Crippen LogP contribution in [0.4, 0.5) is 0 Å². The zero-order valence-electron chi connectivity index (χ0n) is 12.4. The molecule has 0 spiro atoms. The molecule has 21 heavy (non-hydrogen) atoms. The molecule has 1 unspecified atom stereocenters. The van der Waals surface area contributed by atoms with Crippen molar-refractivity contribution in [3.63, 3.8) is 0 Å². The molecule has 0 bridgehead atoms. The Kier molecular flexibility index (Phi) is 6.10. The van der Waals surface area contributed by atoms with Crippen molar-refractivity contribution >= 4 is 0 Å². The average molecular weight is 286 g/mol. The van der Waals surface area contributed by atoms with Crippen LogP contribution in [-0.2, 0) is 0 Å². The number of aliphatic hydroxyl groups is 1. The maximum Gasteiger partial charge on any atom is 0.119 e. The van der Waals surface area contributed by atoms with Crippen molar-refractivity contribution < 1.29 is 14.6 Å². The van der Waals surface area contributed by atoms with Gasteiger partial charge in [-0.15, -0.1) is 0 Å². The number of rotatable bonds is 8. The third kappa shape index (κ3) is 5.12. The summed E-state index contributed by atoms with van der Waals surface area (Å²) in [5.41, 5.74) is 0.885. The maximum atomic E-state index is 10.1. The Hall–Kier alpha value is -2.00. The van der Waals surface area contributed by atoms with Crippen molar-refractivity contribution in [1.82, 2.24) is 0 Å². The fourth-order valence-corrected chi connectivity index (χ4v) is 1.98. The van der Waals surface area contributed by atoms with E-state index in [-0.39, 0.29) is 0 Å². The highest BCUT2D eigenvalue weighted by Gasteiger charge is 2.08. The molecular weight excluding hydrogens is 264 g/mol. The summed E-state index contributed by atoms with van der Waals surface area (Å²) in [4.78, 5) is 0. The van der Waals surface area contributed by atoms with Gasteiger partial charge >= 0.3 is 0 Å². The van der Waals surface area contributed by atoms with Crippen molar-refractivity contribution in [1.29, 1.82) is 0 Å². The van der Waals surface area contributed by atoms with E-state index in [4.69, 9.17) is 9.47 Å². The lowest BCUT2D eigenvalue weighted by molar-refractivity contribution is 0.140. The van der Waals surface area contributed by atoms with E-state index in [2.05, 4.69) is 6.92 Å². The molecular formula is C18H22O3. The standard InChI is InChI=1S/C18H22O3/c1-2-13-20-17-10-8-15(9-11-17)18(19)12-14-21-16-6-4-3-5-7-16/h3-11,18-19H,2,12-14H2,1H3. The van der Waals surface area contributed by atoms with Crippen LogP contribution in [0.5, 0.6) is 11.5 Å². The first-order valence-electron chi connectivity index (χ1n) is 7.38. The first-order chi connectivity index (χ1) is 10.3. The van der Waals surface area contributed by atoms with Gasteiger partial charge in [0.05, 0.1) is 19.3 Å². The number of hydrogen-bond donors (Lipinski definition) is 1. The predicted octanol–water partition coefficient (Wildman–Crippen LogP) is 3.98. The van der Waals surface area contributed by atoms with Crippen LogP contribution in [0, 0.1) is 0 Å². The number of ether oxygens (including phenoxy) is 2. The summed E-state index contributed by atoms with van der Waals surface area (Å²) in [6, 6.07) is 17.2. The molecule has 2 aromatic rings. The second kappa shape index (κ2) is 8.32. The van der Waals surface area contributed by atoms with Gasteiger partial charge in [0.25, 0.3) is 0 Å². The molecule has 0 saturated heterocycles. The minimum atomic E-state index is -0.520. The van der Waals surface area contributed by atoms with Crippen LogP contribution in [0.2, 0.25) is 0 Å². The molecule has 0 fully saturated rings. The topological polar surface area (TPSA) is 38.7 Å². The molecule has 0 radical (unpaired) electrons. The quantitative estimate of drug-likeness (QED) is 0.797. The number of aliphatic hydroxyl groups excluding tert-OH is 1. The monoisotopic (exact) mass is 286 g/mol. The van der Waals surface area contributed by atoms with Crippen LogP contribution in [0.25, 0.3) is 0 Å². The molecule has 3 nitrogen and oxygen atoms in total. The first kappa shape index (κ1) is 15.4. The molecule has 0 heterocycles. The van der Waals surface area contributed by atoms with Gasteiger partial charge in [0.15, 0.2) is 0 Å². The van der Waals surface area contributed by atoms with Gasteiger partial charge in [-0.2, -0.15) is 0 Å². The minimum Gasteiger partial charge on any atom is -0.494 e. The molecule has 0 amide bonds. The van der Waals surface area contributed by atoms with Gasteiger partial charge in [-0.05, 0) is 36.2 Å². The molecule has 0 aliphatic rings. The molecule has 0 aliphatic carbocycles. The van der Waals surface area contributed by atoms with Crippen LogP contribution >= 0.6 is 0 Å². The van der Waals surface area contributed by atoms with E-state index >= 15 is 0 Å². The highest BCUT2D eigenvalue weighted by Crippen LogP contribution is 2.21. The van der Waals surface area contributed by atoms with Crippen LogP contribution in [-0.4, -0.2) is 18.3 Å². The van der Waals surface area contributed by atoms with Crippen LogP contribution in [0.15, 0.2) is 54.6 Å². The van der Waals surface area contributed by atoms with Gasteiger partial charge < -0.3 is 14.6 Å². The summed E-state index contributed by atoms with van der Waals surface area (Å²) >= 11 is 0. The summed E-state index contributed by atoms with van der Waals surface area (Å²) in [5, 5.41) is 10.1. The SMILES string of the molecule is CCCOc1ccc(C(O)CCOc2ccccc2)cc1. The first-order valence-corrected chi connectivity index (χ1v) is 7.38. The Morgan fingerprint density at radius 2 is 1.48 bits per heavy atom. The second-order valence-electron chi connectivity index (χ2n) is 4.88. The lowest BCUT2D eigenvalue weighted by Crippen LogP contribution is -2.05. The smallest absolute Gasteiger partial charge is 0.119 e. The van der Waals surface area contributed by atoms with Gasteiger partial charge in [-0.1, -0.05) is 37.3 Å². The van der Waals surface area contributed by atoms with Gasteiger partial charge in [0, 0.05) is 6.42 Å². The van der Waals surface area contributed by atoms with Crippen molar-refractivity contribution in [2.75, 3.05) is 13.2 Å². The van der Waals surface area contributed by atoms with Gasteiger partial charge in [-0.3, -0.25) is 0 Å². The third-order valence-electron chi connectivity index (χ3n) is 3.14. The zero-order valence-corrected chi connectivity index (χ0v) is 12.4. The second-order valence-corrected chi connectivity index (χ2v) is 4.88. The molecule has 1 N–H and O–H groups in total. The predicted molar refractivity (Wildman–Crippen MR) is 83.7 cm³/mol. The summed E-state index contributed by atoms with van der Waals surface area (Å²) in [6.07, 6.45) is 1.03. The van der Waals surface area contributed by atoms with Gasteiger partial charge in [-0.25, -0.2) is 0 Å². The normalized spacial score (nSPS) is 11.9. The zero-order chi connectivity index (χ0) is 14.9. The summed E-state index contributed by atoms with van der Waals surface area (Å²) in [5.74, 6) is 1.67. The Bertz CT molecular complexity index is 508. The van der Waals surface area contributed by atoms with E-state index in [0.29, 0.717) is 19.6 Å². The van der Waals surface area contributed by atoms with E-state index in [9.17, 15) is 5.11 Å². The minimum absolute atomic E-state index is 0.485. The van der Waals surface area contributed by atoms with Crippen molar-refractivity contribution in [2.45, 2.75) is 25.9 Å². The molecule has 2 rings (SSSR count). The van der Waals surface area contributed by atoms with Crippen LogP contribution < -0.4 is 9.47 Å². The highest BCUT2D eigenvalue weighted by molar-refractivity contribution is 5.28. The molecule has 3 heteroatoms. The fourth-order valence-electron chi connectivity index (χ4n) is 1.98.